The minimum absolute atomic E-state index is 0.0271. The Morgan fingerprint density at radius 2 is 2.33 bits per heavy atom. The standard InChI is InChI=1S/C9H15N3O3/c1-3-4-7-8(9(14)15-2)10-11-12(7)5-6-13/h13H,3-6H2,1-2H3. The molecule has 0 saturated heterocycles. The highest BCUT2D eigenvalue weighted by Gasteiger charge is 2.18. The van der Waals surface area contributed by atoms with Gasteiger partial charge in [0, 0.05) is 0 Å². The van der Waals surface area contributed by atoms with E-state index < -0.39 is 5.97 Å². The topological polar surface area (TPSA) is 77.2 Å². The number of nitrogens with zero attached hydrogens (tertiary/aromatic N) is 3. The molecule has 0 atom stereocenters. The smallest absolute Gasteiger partial charge is 0.360 e. The van der Waals surface area contributed by atoms with Crippen LogP contribution in [0.2, 0.25) is 0 Å². The van der Waals surface area contributed by atoms with Crippen molar-refractivity contribution in [2.75, 3.05) is 13.7 Å². The third-order valence-electron chi connectivity index (χ3n) is 2.01. The van der Waals surface area contributed by atoms with E-state index in [1.54, 1.807) is 0 Å². The zero-order chi connectivity index (χ0) is 11.3. The first kappa shape index (κ1) is 11.6. The second-order valence-electron chi connectivity index (χ2n) is 3.07. The average Bonchev–Trinajstić information content (AvgIpc) is 2.62. The van der Waals surface area contributed by atoms with Crippen LogP contribution in [0.3, 0.4) is 0 Å². The van der Waals surface area contributed by atoms with Gasteiger partial charge in [-0.15, -0.1) is 5.10 Å². The van der Waals surface area contributed by atoms with Crippen molar-refractivity contribution in [2.45, 2.75) is 26.3 Å². The van der Waals surface area contributed by atoms with Crippen LogP contribution in [0.4, 0.5) is 0 Å². The van der Waals surface area contributed by atoms with Gasteiger partial charge >= 0.3 is 5.97 Å². The molecule has 0 aliphatic carbocycles. The summed E-state index contributed by atoms with van der Waals surface area (Å²) < 4.78 is 6.13. The Labute approximate surface area is 87.9 Å². The van der Waals surface area contributed by atoms with E-state index in [1.165, 1.54) is 11.8 Å². The number of ether oxygens (including phenoxy) is 1. The molecule has 1 rings (SSSR count). The highest BCUT2D eigenvalue weighted by molar-refractivity contribution is 5.88. The summed E-state index contributed by atoms with van der Waals surface area (Å²) in [7, 11) is 1.31. The Hall–Kier alpha value is -1.43. The van der Waals surface area contributed by atoms with Crippen LogP contribution in [0.15, 0.2) is 0 Å². The quantitative estimate of drug-likeness (QED) is 0.697. The first-order chi connectivity index (χ1) is 7.24. The first-order valence-corrected chi connectivity index (χ1v) is 4.86. The maximum atomic E-state index is 11.3. The van der Waals surface area contributed by atoms with E-state index in [2.05, 4.69) is 15.0 Å². The third kappa shape index (κ3) is 2.53. The fraction of sp³-hybridized carbons (Fsp3) is 0.667. The van der Waals surface area contributed by atoms with Gasteiger partial charge in [-0.05, 0) is 6.42 Å². The van der Waals surface area contributed by atoms with Crippen molar-refractivity contribution in [2.24, 2.45) is 0 Å². The summed E-state index contributed by atoms with van der Waals surface area (Å²) in [5, 5.41) is 16.4. The molecule has 0 amide bonds. The number of methoxy groups -OCH3 is 1. The lowest BCUT2D eigenvalue weighted by Gasteiger charge is -2.04. The Kier molecular flexibility index (Phi) is 4.23. The molecule has 1 heterocycles. The van der Waals surface area contributed by atoms with Crippen molar-refractivity contribution in [1.29, 1.82) is 0 Å². The fourth-order valence-corrected chi connectivity index (χ4v) is 1.35. The van der Waals surface area contributed by atoms with Crippen molar-refractivity contribution in [3.05, 3.63) is 11.4 Å². The second kappa shape index (κ2) is 5.45. The molecule has 1 aromatic rings. The van der Waals surface area contributed by atoms with Crippen LogP contribution in [-0.4, -0.2) is 39.8 Å². The van der Waals surface area contributed by atoms with Crippen LogP contribution in [0.1, 0.15) is 29.5 Å². The van der Waals surface area contributed by atoms with Gasteiger partial charge in [0.2, 0.25) is 0 Å². The third-order valence-corrected chi connectivity index (χ3v) is 2.01. The molecule has 0 saturated carbocycles. The van der Waals surface area contributed by atoms with Gasteiger partial charge in [-0.2, -0.15) is 0 Å². The normalized spacial score (nSPS) is 10.3. The Balaban J connectivity index is 2.99. The first-order valence-electron chi connectivity index (χ1n) is 4.86. The van der Waals surface area contributed by atoms with Gasteiger partial charge in [0.05, 0.1) is 26.0 Å². The van der Waals surface area contributed by atoms with E-state index in [1.807, 2.05) is 6.92 Å². The molecule has 0 aliphatic heterocycles. The molecular weight excluding hydrogens is 198 g/mol. The van der Waals surface area contributed by atoms with Crippen LogP contribution in [0, 0.1) is 0 Å². The number of aromatic nitrogens is 3. The van der Waals surface area contributed by atoms with E-state index in [0.29, 0.717) is 13.0 Å². The van der Waals surface area contributed by atoms with E-state index in [-0.39, 0.29) is 12.3 Å². The zero-order valence-electron chi connectivity index (χ0n) is 8.93. The molecule has 84 valence electrons. The second-order valence-corrected chi connectivity index (χ2v) is 3.07. The summed E-state index contributed by atoms with van der Waals surface area (Å²) in [5.41, 5.74) is 0.964. The molecule has 0 aliphatic rings. The maximum Gasteiger partial charge on any atom is 0.360 e. The van der Waals surface area contributed by atoms with Crippen LogP contribution in [0.25, 0.3) is 0 Å². The Morgan fingerprint density at radius 1 is 1.60 bits per heavy atom. The van der Waals surface area contributed by atoms with E-state index >= 15 is 0 Å². The van der Waals surface area contributed by atoms with Gasteiger partial charge in [-0.3, -0.25) is 0 Å². The van der Waals surface area contributed by atoms with Crippen molar-refractivity contribution in [3.8, 4) is 0 Å². The zero-order valence-corrected chi connectivity index (χ0v) is 8.93. The van der Waals surface area contributed by atoms with Gasteiger partial charge < -0.3 is 9.84 Å². The summed E-state index contributed by atoms with van der Waals surface area (Å²) >= 11 is 0. The minimum Gasteiger partial charge on any atom is -0.464 e. The molecule has 1 N–H and O–H groups in total. The Bertz CT molecular complexity index is 335. The van der Waals surface area contributed by atoms with Crippen molar-refractivity contribution >= 4 is 5.97 Å². The predicted octanol–water partition coefficient (Wildman–Crippen LogP) is 0.00950. The van der Waals surface area contributed by atoms with Gasteiger partial charge in [-0.1, -0.05) is 18.6 Å². The summed E-state index contributed by atoms with van der Waals surface area (Å²) in [6, 6.07) is 0. The number of aliphatic hydroxyl groups is 1. The van der Waals surface area contributed by atoms with Crippen LogP contribution < -0.4 is 0 Å². The molecule has 0 fully saturated rings. The van der Waals surface area contributed by atoms with Crippen molar-refractivity contribution in [1.82, 2.24) is 15.0 Å². The maximum absolute atomic E-state index is 11.3. The number of hydrogen-bond donors (Lipinski definition) is 1. The lowest BCUT2D eigenvalue weighted by molar-refractivity contribution is 0.0592. The van der Waals surface area contributed by atoms with Gasteiger partial charge in [-0.25, -0.2) is 9.48 Å². The lowest BCUT2D eigenvalue weighted by Crippen LogP contribution is -2.11. The van der Waals surface area contributed by atoms with Crippen LogP contribution >= 0.6 is 0 Å². The molecule has 0 bridgehead atoms. The van der Waals surface area contributed by atoms with E-state index in [9.17, 15) is 4.79 Å². The van der Waals surface area contributed by atoms with Gasteiger partial charge in [0.25, 0.3) is 0 Å². The minimum atomic E-state index is -0.484. The highest BCUT2D eigenvalue weighted by Crippen LogP contribution is 2.09. The van der Waals surface area contributed by atoms with Crippen molar-refractivity contribution in [3.63, 3.8) is 0 Å². The summed E-state index contributed by atoms with van der Waals surface area (Å²) in [6.07, 6.45) is 1.57. The molecule has 6 heteroatoms. The predicted molar refractivity (Wildman–Crippen MR) is 52.4 cm³/mol. The molecule has 0 spiro atoms. The van der Waals surface area contributed by atoms with E-state index in [4.69, 9.17) is 5.11 Å². The highest BCUT2D eigenvalue weighted by atomic mass is 16.5. The SMILES string of the molecule is CCCc1c(C(=O)OC)nnn1CCO. The molecule has 0 aromatic carbocycles. The molecule has 6 nitrogen and oxygen atoms in total. The fourth-order valence-electron chi connectivity index (χ4n) is 1.35. The van der Waals surface area contributed by atoms with Gasteiger partial charge in [0.1, 0.15) is 0 Å². The molecular formula is C9H15N3O3. The van der Waals surface area contributed by atoms with E-state index in [0.717, 1.165) is 12.1 Å². The summed E-state index contributed by atoms with van der Waals surface area (Å²) in [4.78, 5) is 11.3. The molecule has 1 aromatic heterocycles. The lowest BCUT2D eigenvalue weighted by atomic mass is 10.2. The number of carbonyl (C=O) groups is 1. The number of esters is 1. The summed E-state index contributed by atoms with van der Waals surface area (Å²) in [6.45, 7) is 2.32. The molecule has 15 heavy (non-hydrogen) atoms. The monoisotopic (exact) mass is 213 g/mol. The number of rotatable bonds is 5. The molecule has 0 unspecified atom stereocenters. The average molecular weight is 213 g/mol. The molecule has 0 radical (unpaired) electrons. The van der Waals surface area contributed by atoms with Crippen molar-refractivity contribution < 1.29 is 14.6 Å². The number of aliphatic hydroxyl groups excluding tert-OH is 1. The Morgan fingerprint density at radius 3 is 2.87 bits per heavy atom. The summed E-state index contributed by atoms with van der Waals surface area (Å²) in [5.74, 6) is -0.484. The van der Waals surface area contributed by atoms with Crippen LogP contribution in [-0.2, 0) is 17.7 Å². The van der Waals surface area contributed by atoms with Gasteiger partial charge in [0.15, 0.2) is 5.69 Å². The number of hydrogen-bond acceptors (Lipinski definition) is 5. The number of carbonyl (C=O) groups excluding carboxylic acids is 1. The largest absolute Gasteiger partial charge is 0.464 e. The van der Waals surface area contributed by atoms with Crippen LogP contribution in [0.5, 0.6) is 0 Å².